The highest BCUT2D eigenvalue weighted by Crippen LogP contribution is 2.14. The Labute approximate surface area is 91.1 Å². The fourth-order valence-electron chi connectivity index (χ4n) is 1.34. The van der Waals surface area contributed by atoms with Crippen molar-refractivity contribution in [3.8, 4) is 0 Å². The maximum atomic E-state index is 13.4. The summed E-state index contributed by atoms with van der Waals surface area (Å²) in [5.74, 6) is -1.57. The molecular formula is C11H9FN2O2. The highest BCUT2D eigenvalue weighted by Gasteiger charge is 2.15. The quantitative estimate of drug-likeness (QED) is 0.573. The first-order chi connectivity index (χ1) is 7.72. The van der Waals surface area contributed by atoms with Crippen LogP contribution in [-0.2, 0) is 4.74 Å². The number of halogens is 1. The Hall–Kier alpha value is -2.04. The van der Waals surface area contributed by atoms with Gasteiger partial charge in [-0.2, -0.15) is 9.37 Å². The van der Waals surface area contributed by atoms with Crippen molar-refractivity contribution in [2.24, 2.45) is 0 Å². The van der Waals surface area contributed by atoms with Crippen molar-refractivity contribution in [1.82, 2.24) is 9.97 Å². The van der Waals surface area contributed by atoms with Gasteiger partial charge in [0.2, 0.25) is 5.95 Å². The van der Waals surface area contributed by atoms with E-state index in [0.717, 1.165) is 0 Å². The number of rotatable bonds is 2. The van der Waals surface area contributed by atoms with Gasteiger partial charge in [-0.3, -0.25) is 0 Å². The number of carbonyl (C=O) groups excluding carboxylic acids is 1. The summed E-state index contributed by atoms with van der Waals surface area (Å²) in [7, 11) is 0. The Morgan fingerprint density at radius 2 is 2.38 bits per heavy atom. The molecule has 0 aliphatic rings. The third-order valence-electron chi connectivity index (χ3n) is 2.04. The average molecular weight is 220 g/mol. The molecule has 5 heteroatoms. The van der Waals surface area contributed by atoms with Crippen LogP contribution in [0.1, 0.15) is 17.3 Å². The van der Waals surface area contributed by atoms with E-state index < -0.39 is 11.9 Å². The molecule has 0 amide bonds. The largest absolute Gasteiger partial charge is 0.462 e. The van der Waals surface area contributed by atoms with Gasteiger partial charge in [0.05, 0.1) is 6.61 Å². The predicted molar refractivity (Wildman–Crippen MR) is 55.5 cm³/mol. The first kappa shape index (κ1) is 10.5. The first-order valence-corrected chi connectivity index (χ1v) is 4.80. The molecule has 0 atom stereocenters. The lowest BCUT2D eigenvalue weighted by Crippen LogP contribution is -2.08. The molecule has 0 saturated heterocycles. The van der Waals surface area contributed by atoms with Gasteiger partial charge in [-0.15, -0.1) is 0 Å². The van der Waals surface area contributed by atoms with E-state index in [0.29, 0.717) is 5.39 Å². The molecule has 0 saturated carbocycles. The molecule has 0 aliphatic heterocycles. The highest BCUT2D eigenvalue weighted by atomic mass is 19.1. The van der Waals surface area contributed by atoms with Gasteiger partial charge in [-0.25, -0.2) is 9.78 Å². The zero-order valence-corrected chi connectivity index (χ0v) is 8.61. The summed E-state index contributed by atoms with van der Waals surface area (Å²) in [6.45, 7) is 1.86. The van der Waals surface area contributed by atoms with Crippen molar-refractivity contribution in [3.05, 3.63) is 35.9 Å². The second kappa shape index (κ2) is 4.22. The molecule has 0 fully saturated rings. The molecule has 0 spiro atoms. The minimum absolute atomic E-state index is 0.164. The van der Waals surface area contributed by atoms with E-state index in [-0.39, 0.29) is 17.8 Å². The molecule has 0 aromatic carbocycles. The van der Waals surface area contributed by atoms with Crippen LogP contribution in [0.5, 0.6) is 0 Å². The lowest BCUT2D eigenvalue weighted by molar-refractivity contribution is 0.0520. The summed E-state index contributed by atoms with van der Waals surface area (Å²) in [5.41, 5.74) is 0.107. The minimum atomic E-state index is -0.857. The molecule has 0 N–H and O–H groups in total. The van der Waals surface area contributed by atoms with E-state index in [1.165, 1.54) is 12.3 Å². The lowest BCUT2D eigenvalue weighted by Gasteiger charge is -2.03. The van der Waals surface area contributed by atoms with Crippen molar-refractivity contribution < 1.29 is 13.9 Å². The van der Waals surface area contributed by atoms with Gasteiger partial charge in [-0.1, -0.05) is 0 Å². The van der Waals surface area contributed by atoms with E-state index in [1.54, 1.807) is 19.1 Å². The average Bonchev–Trinajstić information content (AvgIpc) is 2.28. The Morgan fingerprint density at radius 3 is 3.12 bits per heavy atom. The maximum absolute atomic E-state index is 13.4. The van der Waals surface area contributed by atoms with E-state index in [1.807, 2.05) is 0 Å². The standard InChI is InChI=1S/C11H9FN2O2/c1-2-16-11(15)8-6-7-4-3-5-13-10(7)14-9(8)12/h3-6H,2H2,1H3. The topological polar surface area (TPSA) is 52.1 Å². The van der Waals surface area contributed by atoms with Crippen LogP contribution in [0.4, 0.5) is 4.39 Å². The van der Waals surface area contributed by atoms with Gasteiger partial charge in [0.1, 0.15) is 5.56 Å². The summed E-state index contributed by atoms with van der Waals surface area (Å²) >= 11 is 0. The van der Waals surface area contributed by atoms with Crippen LogP contribution in [0.3, 0.4) is 0 Å². The number of aromatic nitrogens is 2. The van der Waals surface area contributed by atoms with Gasteiger partial charge in [-0.05, 0) is 25.1 Å². The van der Waals surface area contributed by atoms with Crippen LogP contribution in [0.2, 0.25) is 0 Å². The summed E-state index contributed by atoms with van der Waals surface area (Å²) in [6.07, 6.45) is 1.51. The number of nitrogens with zero attached hydrogens (tertiary/aromatic N) is 2. The molecule has 82 valence electrons. The van der Waals surface area contributed by atoms with Gasteiger partial charge in [0, 0.05) is 11.6 Å². The molecule has 2 rings (SSSR count). The van der Waals surface area contributed by atoms with Crippen molar-refractivity contribution >= 4 is 17.0 Å². The third-order valence-corrected chi connectivity index (χ3v) is 2.04. The summed E-state index contributed by atoms with van der Waals surface area (Å²) in [5, 5.41) is 0.604. The zero-order valence-electron chi connectivity index (χ0n) is 8.61. The number of hydrogen-bond acceptors (Lipinski definition) is 4. The van der Waals surface area contributed by atoms with Crippen LogP contribution in [0, 0.1) is 5.95 Å². The van der Waals surface area contributed by atoms with Crippen molar-refractivity contribution in [2.45, 2.75) is 6.92 Å². The van der Waals surface area contributed by atoms with Gasteiger partial charge in [0.15, 0.2) is 5.65 Å². The number of hydrogen-bond donors (Lipinski definition) is 0. The van der Waals surface area contributed by atoms with Crippen LogP contribution < -0.4 is 0 Å². The van der Waals surface area contributed by atoms with Gasteiger partial charge in [0.25, 0.3) is 0 Å². The molecule has 0 aliphatic carbocycles. The van der Waals surface area contributed by atoms with Crippen LogP contribution >= 0.6 is 0 Å². The molecule has 16 heavy (non-hydrogen) atoms. The van der Waals surface area contributed by atoms with Crippen LogP contribution in [0.25, 0.3) is 11.0 Å². The van der Waals surface area contributed by atoms with Crippen molar-refractivity contribution in [3.63, 3.8) is 0 Å². The fraction of sp³-hybridized carbons (Fsp3) is 0.182. The maximum Gasteiger partial charge on any atom is 0.342 e. The SMILES string of the molecule is CCOC(=O)c1cc2cccnc2nc1F. The molecule has 2 heterocycles. The Morgan fingerprint density at radius 1 is 1.56 bits per heavy atom. The lowest BCUT2D eigenvalue weighted by atomic mass is 10.2. The van der Waals surface area contributed by atoms with Crippen LogP contribution in [0.15, 0.2) is 24.4 Å². The first-order valence-electron chi connectivity index (χ1n) is 4.80. The number of carbonyl (C=O) groups is 1. The van der Waals surface area contributed by atoms with E-state index in [4.69, 9.17) is 4.74 Å². The second-order valence-electron chi connectivity index (χ2n) is 3.10. The Balaban J connectivity index is 2.54. The minimum Gasteiger partial charge on any atom is -0.462 e. The molecule has 2 aromatic rings. The number of esters is 1. The molecule has 4 nitrogen and oxygen atoms in total. The number of fused-ring (bicyclic) bond motifs is 1. The number of pyridine rings is 2. The molecule has 2 aromatic heterocycles. The monoisotopic (exact) mass is 220 g/mol. The second-order valence-corrected chi connectivity index (χ2v) is 3.10. The van der Waals surface area contributed by atoms with E-state index >= 15 is 0 Å². The van der Waals surface area contributed by atoms with Crippen molar-refractivity contribution in [2.75, 3.05) is 6.61 Å². The fourth-order valence-corrected chi connectivity index (χ4v) is 1.34. The molecule has 0 unspecified atom stereocenters. The summed E-state index contributed by atoms with van der Waals surface area (Å²) in [4.78, 5) is 18.9. The molecule has 0 bridgehead atoms. The zero-order chi connectivity index (χ0) is 11.5. The Kier molecular flexibility index (Phi) is 2.76. The molecule has 0 radical (unpaired) electrons. The van der Waals surface area contributed by atoms with Gasteiger partial charge < -0.3 is 4.74 Å². The summed E-state index contributed by atoms with van der Waals surface area (Å²) < 4.78 is 18.2. The molecular weight excluding hydrogens is 211 g/mol. The Bertz CT molecular complexity index is 542. The van der Waals surface area contributed by atoms with E-state index in [9.17, 15) is 9.18 Å². The normalized spacial score (nSPS) is 10.4. The smallest absolute Gasteiger partial charge is 0.342 e. The number of ether oxygens (including phenoxy) is 1. The van der Waals surface area contributed by atoms with E-state index in [2.05, 4.69) is 9.97 Å². The highest BCUT2D eigenvalue weighted by molar-refractivity contribution is 5.93. The van der Waals surface area contributed by atoms with Gasteiger partial charge >= 0.3 is 5.97 Å². The third kappa shape index (κ3) is 1.84. The van der Waals surface area contributed by atoms with Crippen LogP contribution in [-0.4, -0.2) is 22.5 Å². The summed E-state index contributed by atoms with van der Waals surface area (Å²) in [6, 6.07) is 4.79. The predicted octanol–water partition coefficient (Wildman–Crippen LogP) is 1.95. The van der Waals surface area contributed by atoms with Crippen molar-refractivity contribution in [1.29, 1.82) is 0 Å².